The third-order valence-corrected chi connectivity index (χ3v) is 3.72. The molecule has 1 aromatic carbocycles. The molecule has 0 saturated heterocycles. The minimum Gasteiger partial charge on any atom is -0.469 e. The van der Waals surface area contributed by atoms with E-state index >= 15 is 0 Å². The SMILES string of the molecule is Cc1occc1CN(C)c1cc(Br)ccc1C(C)O. The van der Waals surface area contributed by atoms with E-state index in [4.69, 9.17) is 4.42 Å². The highest BCUT2D eigenvalue weighted by Gasteiger charge is 2.13. The molecule has 3 nitrogen and oxygen atoms in total. The van der Waals surface area contributed by atoms with Crippen molar-refractivity contribution in [3.05, 3.63) is 51.9 Å². The van der Waals surface area contributed by atoms with Crippen molar-refractivity contribution in [1.29, 1.82) is 0 Å². The Morgan fingerprint density at radius 3 is 2.68 bits per heavy atom. The molecule has 2 aromatic rings. The number of benzene rings is 1. The van der Waals surface area contributed by atoms with Crippen LogP contribution < -0.4 is 4.90 Å². The smallest absolute Gasteiger partial charge is 0.105 e. The van der Waals surface area contributed by atoms with Crippen molar-refractivity contribution >= 4 is 21.6 Å². The number of halogens is 1. The maximum absolute atomic E-state index is 9.86. The second-order valence-electron chi connectivity index (χ2n) is 4.74. The number of anilines is 1. The maximum atomic E-state index is 9.86. The van der Waals surface area contributed by atoms with Crippen molar-refractivity contribution < 1.29 is 9.52 Å². The van der Waals surface area contributed by atoms with Crippen LogP contribution in [0.15, 0.2) is 39.4 Å². The highest BCUT2D eigenvalue weighted by atomic mass is 79.9. The summed E-state index contributed by atoms with van der Waals surface area (Å²) in [6.07, 6.45) is 1.21. The zero-order chi connectivity index (χ0) is 14.0. The second-order valence-corrected chi connectivity index (χ2v) is 5.65. The summed E-state index contributed by atoms with van der Waals surface area (Å²) in [5.74, 6) is 0.931. The number of furan rings is 1. The molecule has 1 atom stereocenters. The number of aliphatic hydroxyl groups excluding tert-OH is 1. The van der Waals surface area contributed by atoms with Crippen molar-refractivity contribution in [3.63, 3.8) is 0 Å². The molecule has 4 heteroatoms. The van der Waals surface area contributed by atoms with Gasteiger partial charge in [-0.25, -0.2) is 0 Å². The van der Waals surface area contributed by atoms with Gasteiger partial charge in [0, 0.05) is 34.9 Å². The summed E-state index contributed by atoms with van der Waals surface area (Å²) >= 11 is 3.48. The largest absolute Gasteiger partial charge is 0.469 e. The predicted octanol–water partition coefficient (Wildman–Crippen LogP) is 4.04. The van der Waals surface area contributed by atoms with Crippen LogP contribution in [0, 0.1) is 6.92 Å². The highest BCUT2D eigenvalue weighted by molar-refractivity contribution is 9.10. The zero-order valence-corrected chi connectivity index (χ0v) is 12.9. The van der Waals surface area contributed by atoms with E-state index in [1.807, 2.05) is 38.2 Å². The summed E-state index contributed by atoms with van der Waals surface area (Å²) in [4.78, 5) is 2.12. The van der Waals surface area contributed by atoms with Crippen LogP contribution in [0.3, 0.4) is 0 Å². The Kier molecular flexibility index (Phi) is 4.32. The molecule has 1 heterocycles. The van der Waals surface area contributed by atoms with Crippen molar-refractivity contribution in [2.75, 3.05) is 11.9 Å². The molecule has 2 rings (SSSR count). The molecule has 102 valence electrons. The second kappa shape index (κ2) is 5.80. The summed E-state index contributed by atoms with van der Waals surface area (Å²) < 4.78 is 6.32. The number of hydrogen-bond donors (Lipinski definition) is 1. The van der Waals surface area contributed by atoms with Crippen molar-refractivity contribution in [1.82, 2.24) is 0 Å². The Hall–Kier alpha value is -1.26. The van der Waals surface area contributed by atoms with Crippen LogP contribution in [0.1, 0.15) is 29.9 Å². The molecule has 0 aliphatic carbocycles. The fourth-order valence-corrected chi connectivity index (χ4v) is 2.47. The van der Waals surface area contributed by atoms with E-state index in [9.17, 15) is 5.11 Å². The Morgan fingerprint density at radius 1 is 1.37 bits per heavy atom. The van der Waals surface area contributed by atoms with Crippen LogP contribution in [0.2, 0.25) is 0 Å². The lowest BCUT2D eigenvalue weighted by atomic mass is 10.1. The molecule has 0 amide bonds. The predicted molar refractivity (Wildman–Crippen MR) is 80.3 cm³/mol. The van der Waals surface area contributed by atoms with Gasteiger partial charge >= 0.3 is 0 Å². The first-order valence-electron chi connectivity index (χ1n) is 6.20. The fraction of sp³-hybridized carbons (Fsp3) is 0.333. The van der Waals surface area contributed by atoms with Crippen LogP contribution in [-0.4, -0.2) is 12.2 Å². The van der Waals surface area contributed by atoms with Gasteiger partial charge in [0.2, 0.25) is 0 Å². The molecular formula is C15H18BrNO2. The van der Waals surface area contributed by atoms with Gasteiger partial charge in [0.15, 0.2) is 0 Å². The topological polar surface area (TPSA) is 36.6 Å². The van der Waals surface area contributed by atoms with E-state index in [0.717, 1.165) is 33.6 Å². The Bertz CT molecular complexity index is 563. The van der Waals surface area contributed by atoms with E-state index in [0.29, 0.717) is 0 Å². The minimum atomic E-state index is -0.490. The summed E-state index contributed by atoms with van der Waals surface area (Å²) in [5.41, 5.74) is 3.09. The van der Waals surface area contributed by atoms with Crippen LogP contribution >= 0.6 is 15.9 Å². The lowest BCUT2D eigenvalue weighted by molar-refractivity contribution is 0.199. The molecular weight excluding hydrogens is 306 g/mol. The molecule has 0 fully saturated rings. The average molecular weight is 324 g/mol. The number of aryl methyl sites for hydroxylation is 1. The van der Waals surface area contributed by atoms with E-state index < -0.39 is 6.10 Å². The van der Waals surface area contributed by atoms with Crippen molar-refractivity contribution in [2.24, 2.45) is 0 Å². The molecule has 0 bridgehead atoms. The van der Waals surface area contributed by atoms with Gasteiger partial charge in [-0.05, 0) is 32.0 Å². The van der Waals surface area contributed by atoms with Crippen LogP contribution in [0.4, 0.5) is 5.69 Å². The summed E-state index contributed by atoms with van der Waals surface area (Å²) in [6.45, 7) is 4.49. The summed E-state index contributed by atoms with van der Waals surface area (Å²) in [6, 6.07) is 7.90. The van der Waals surface area contributed by atoms with Crippen LogP contribution in [0.5, 0.6) is 0 Å². The number of aliphatic hydroxyl groups is 1. The molecule has 0 saturated carbocycles. The third kappa shape index (κ3) is 3.19. The first kappa shape index (κ1) is 14.2. The Balaban J connectivity index is 2.30. The maximum Gasteiger partial charge on any atom is 0.105 e. The van der Waals surface area contributed by atoms with E-state index in [-0.39, 0.29) is 0 Å². The molecule has 19 heavy (non-hydrogen) atoms. The Morgan fingerprint density at radius 2 is 2.11 bits per heavy atom. The van der Waals surface area contributed by atoms with Gasteiger partial charge in [0.1, 0.15) is 5.76 Å². The monoisotopic (exact) mass is 323 g/mol. The van der Waals surface area contributed by atoms with Gasteiger partial charge < -0.3 is 14.4 Å². The molecule has 0 radical (unpaired) electrons. The fourth-order valence-electron chi connectivity index (χ4n) is 2.12. The van der Waals surface area contributed by atoms with Gasteiger partial charge in [-0.2, -0.15) is 0 Å². The Labute approximate surface area is 122 Å². The lowest BCUT2D eigenvalue weighted by Gasteiger charge is -2.23. The van der Waals surface area contributed by atoms with Gasteiger partial charge in [-0.1, -0.05) is 22.0 Å². The number of rotatable bonds is 4. The van der Waals surface area contributed by atoms with Crippen LogP contribution in [0.25, 0.3) is 0 Å². The highest BCUT2D eigenvalue weighted by Crippen LogP contribution is 2.30. The van der Waals surface area contributed by atoms with Crippen molar-refractivity contribution in [3.8, 4) is 0 Å². The lowest BCUT2D eigenvalue weighted by Crippen LogP contribution is -2.18. The average Bonchev–Trinajstić information content (AvgIpc) is 2.74. The summed E-state index contributed by atoms with van der Waals surface area (Å²) in [7, 11) is 2.01. The van der Waals surface area contributed by atoms with E-state index in [1.165, 1.54) is 0 Å². The van der Waals surface area contributed by atoms with Crippen LogP contribution in [-0.2, 0) is 6.54 Å². The molecule has 0 spiro atoms. The number of nitrogens with zero attached hydrogens (tertiary/aromatic N) is 1. The third-order valence-electron chi connectivity index (χ3n) is 3.23. The van der Waals surface area contributed by atoms with Gasteiger partial charge in [0.05, 0.1) is 12.4 Å². The van der Waals surface area contributed by atoms with Crippen molar-refractivity contribution in [2.45, 2.75) is 26.5 Å². The normalized spacial score (nSPS) is 12.5. The first-order chi connectivity index (χ1) is 8.99. The molecule has 0 aliphatic heterocycles. The van der Waals surface area contributed by atoms with E-state index in [1.54, 1.807) is 13.2 Å². The number of hydrogen-bond acceptors (Lipinski definition) is 3. The minimum absolute atomic E-state index is 0.490. The first-order valence-corrected chi connectivity index (χ1v) is 7.00. The van der Waals surface area contributed by atoms with Gasteiger partial charge in [-0.3, -0.25) is 0 Å². The molecule has 1 N–H and O–H groups in total. The van der Waals surface area contributed by atoms with E-state index in [2.05, 4.69) is 20.8 Å². The van der Waals surface area contributed by atoms with Gasteiger partial charge in [0.25, 0.3) is 0 Å². The van der Waals surface area contributed by atoms with Gasteiger partial charge in [-0.15, -0.1) is 0 Å². The summed E-state index contributed by atoms with van der Waals surface area (Å²) in [5, 5.41) is 9.86. The molecule has 1 aromatic heterocycles. The molecule has 1 unspecified atom stereocenters. The molecule has 0 aliphatic rings. The standard InChI is InChI=1S/C15H18BrNO2/c1-10(18)14-5-4-13(16)8-15(14)17(3)9-12-6-7-19-11(12)2/h4-8,10,18H,9H2,1-3H3. The quantitative estimate of drug-likeness (QED) is 0.922. The zero-order valence-electron chi connectivity index (χ0n) is 11.4.